The van der Waals surface area contributed by atoms with E-state index in [1.165, 1.54) is 0 Å². The van der Waals surface area contributed by atoms with Crippen LogP contribution in [0.4, 0.5) is 0 Å². The Morgan fingerprint density at radius 1 is 1.62 bits per heavy atom. The predicted molar refractivity (Wildman–Crippen MR) is 78.4 cm³/mol. The highest BCUT2D eigenvalue weighted by Gasteiger charge is 2.27. The maximum Gasteiger partial charge on any atom is 0.191 e. The molecule has 4 nitrogen and oxygen atoms in total. The van der Waals surface area contributed by atoms with Gasteiger partial charge in [0.05, 0.1) is 5.60 Å². The zero-order valence-electron chi connectivity index (χ0n) is 10.4. The summed E-state index contributed by atoms with van der Waals surface area (Å²) in [5.41, 5.74) is -0.670. The number of rotatable bonds is 4. The second-order valence-corrected chi connectivity index (χ2v) is 4.53. The van der Waals surface area contributed by atoms with Crippen LogP contribution in [-0.4, -0.2) is 36.3 Å². The van der Waals surface area contributed by atoms with E-state index in [-0.39, 0.29) is 29.9 Å². The van der Waals surface area contributed by atoms with Crippen LogP contribution in [0.1, 0.15) is 33.6 Å². The molecule has 2 unspecified atom stereocenters. The van der Waals surface area contributed by atoms with Gasteiger partial charge >= 0.3 is 0 Å². The van der Waals surface area contributed by atoms with E-state index >= 15 is 0 Å². The van der Waals surface area contributed by atoms with Crippen LogP contribution in [-0.2, 0) is 0 Å². The molecule has 0 spiro atoms. The van der Waals surface area contributed by atoms with Gasteiger partial charge in [-0.3, -0.25) is 4.99 Å². The van der Waals surface area contributed by atoms with Crippen LogP contribution in [0.15, 0.2) is 4.99 Å². The smallest absolute Gasteiger partial charge is 0.191 e. The molecule has 96 valence electrons. The molecule has 0 amide bonds. The quantitative estimate of drug-likeness (QED) is 0.677. The van der Waals surface area contributed by atoms with Crippen LogP contribution in [0.5, 0.6) is 0 Å². The van der Waals surface area contributed by atoms with E-state index in [1.807, 2.05) is 6.92 Å². The lowest BCUT2D eigenvalue weighted by Gasteiger charge is -2.31. The summed E-state index contributed by atoms with van der Waals surface area (Å²) in [6.07, 6.45) is 2.07. The number of hydrogen-bond donors (Lipinski definition) is 3. The molecule has 0 aliphatic carbocycles. The highest BCUT2D eigenvalue weighted by molar-refractivity contribution is 14.0. The Morgan fingerprint density at radius 3 is 2.81 bits per heavy atom. The van der Waals surface area contributed by atoms with Gasteiger partial charge in [-0.2, -0.15) is 0 Å². The van der Waals surface area contributed by atoms with Crippen LogP contribution in [0.25, 0.3) is 0 Å². The summed E-state index contributed by atoms with van der Waals surface area (Å²) in [4.78, 5) is 4.30. The summed E-state index contributed by atoms with van der Waals surface area (Å²) >= 11 is 0. The maximum absolute atomic E-state index is 10.2. The highest BCUT2D eigenvalue weighted by atomic mass is 127. The van der Waals surface area contributed by atoms with Gasteiger partial charge in [0.1, 0.15) is 0 Å². The van der Waals surface area contributed by atoms with Crippen LogP contribution >= 0.6 is 24.0 Å². The highest BCUT2D eigenvalue weighted by Crippen LogP contribution is 2.18. The third kappa shape index (κ3) is 4.86. The molecule has 3 N–H and O–H groups in total. The summed E-state index contributed by atoms with van der Waals surface area (Å²) in [5.74, 6) is 1.11. The fourth-order valence-electron chi connectivity index (χ4n) is 1.53. The molecule has 1 rings (SSSR count). The molecule has 16 heavy (non-hydrogen) atoms. The Hall–Kier alpha value is -0.0400. The minimum Gasteiger partial charge on any atom is -0.388 e. The van der Waals surface area contributed by atoms with Gasteiger partial charge in [0, 0.05) is 19.6 Å². The standard InChI is InChI=1S/C11H23N3O.HI/c1-4-9(2)11(3,15)8-14-10-12-6-5-7-13-10;/h9,15H,4-8H2,1-3H3,(H2,12,13,14);1H. The Morgan fingerprint density at radius 2 is 2.31 bits per heavy atom. The number of nitrogens with one attached hydrogen (secondary N) is 2. The fraction of sp³-hybridized carbons (Fsp3) is 0.909. The van der Waals surface area contributed by atoms with Crippen molar-refractivity contribution in [2.24, 2.45) is 10.9 Å². The second kappa shape index (κ2) is 7.32. The zero-order valence-corrected chi connectivity index (χ0v) is 12.7. The van der Waals surface area contributed by atoms with Crippen molar-refractivity contribution in [1.29, 1.82) is 0 Å². The largest absolute Gasteiger partial charge is 0.388 e. The van der Waals surface area contributed by atoms with E-state index in [0.29, 0.717) is 6.54 Å². The second-order valence-electron chi connectivity index (χ2n) is 4.53. The molecule has 0 radical (unpaired) electrons. The molecule has 0 aromatic carbocycles. The summed E-state index contributed by atoms with van der Waals surface area (Å²) in [6, 6.07) is 0. The number of aliphatic imine (C=N–C) groups is 1. The van der Waals surface area contributed by atoms with E-state index in [1.54, 1.807) is 0 Å². The van der Waals surface area contributed by atoms with Gasteiger partial charge in [0.2, 0.25) is 0 Å². The molecule has 0 bridgehead atoms. The lowest BCUT2D eigenvalue weighted by molar-refractivity contribution is 0.00929. The Labute approximate surface area is 115 Å². The molecule has 2 atom stereocenters. The predicted octanol–water partition coefficient (Wildman–Crippen LogP) is 1.34. The van der Waals surface area contributed by atoms with Crippen molar-refractivity contribution in [3.8, 4) is 0 Å². The van der Waals surface area contributed by atoms with Gasteiger partial charge in [0.25, 0.3) is 0 Å². The Kier molecular flexibility index (Phi) is 7.30. The lowest BCUT2D eigenvalue weighted by atomic mass is 9.89. The van der Waals surface area contributed by atoms with Crippen LogP contribution < -0.4 is 10.6 Å². The lowest BCUT2D eigenvalue weighted by Crippen LogP contribution is -2.49. The minimum absolute atomic E-state index is 0. The van der Waals surface area contributed by atoms with Crippen molar-refractivity contribution in [3.05, 3.63) is 0 Å². The average molecular weight is 341 g/mol. The fourth-order valence-corrected chi connectivity index (χ4v) is 1.53. The average Bonchev–Trinajstić information content (AvgIpc) is 2.27. The number of halogens is 1. The minimum atomic E-state index is -0.670. The molecule has 0 aromatic rings. The van der Waals surface area contributed by atoms with E-state index < -0.39 is 5.60 Å². The molecule has 1 aliphatic heterocycles. The monoisotopic (exact) mass is 341 g/mol. The van der Waals surface area contributed by atoms with Crippen molar-refractivity contribution in [1.82, 2.24) is 10.6 Å². The molecule has 5 heteroatoms. The van der Waals surface area contributed by atoms with E-state index in [2.05, 4.69) is 29.5 Å². The van der Waals surface area contributed by atoms with Gasteiger partial charge in [0.15, 0.2) is 5.96 Å². The molecule has 0 fully saturated rings. The number of guanidine groups is 1. The van der Waals surface area contributed by atoms with Gasteiger partial charge in [-0.05, 0) is 19.3 Å². The van der Waals surface area contributed by atoms with Crippen molar-refractivity contribution < 1.29 is 5.11 Å². The SMILES string of the molecule is CCC(C)C(C)(O)CNC1=NCCCN1.I. The number of aliphatic hydroxyl groups is 1. The first kappa shape index (κ1) is 16.0. The van der Waals surface area contributed by atoms with Gasteiger partial charge in [-0.15, -0.1) is 24.0 Å². The number of hydrogen-bond acceptors (Lipinski definition) is 4. The van der Waals surface area contributed by atoms with Gasteiger partial charge in [-0.25, -0.2) is 0 Å². The summed E-state index contributed by atoms with van der Waals surface area (Å²) in [7, 11) is 0. The molecule has 0 aromatic heterocycles. The maximum atomic E-state index is 10.2. The first-order valence-corrected chi connectivity index (χ1v) is 5.81. The summed E-state index contributed by atoms with van der Waals surface area (Å²) < 4.78 is 0. The molecule has 1 aliphatic rings. The van der Waals surface area contributed by atoms with Crippen molar-refractivity contribution >= 4 is 29.9 Å². The molecule has 1 heterocycles. The van der Waals surface area contributed by atoms with Crippen molar-refractivity contribution in [3.63, 3.8) is 0 Å². The third-order valence-electron chi connectivity index (χ3n) is 3.19. The first-order chi connectivity index (χ1) is 7.06. The first-order valence-electron chi connectivity index (χ1n) is 5.81. The van der Waals surface area contributed by atoms with Crippen LogP contribution in [0.2, 0.25) is 0 Å². The van der Waals surface area contributed by atoms with Crippen molar-refractivity contribution in [2.45, 2.75) is 39.2 Å². The summed E-state index contributed by atoms with van der Waals surface area (Å²) in [6.45, 7) is 8.43. The Balaban J connectivity index is 0.00000225. The van der Waals surface area contributed by atoms with Crippen LogP contribution in [0, 0.1) is 5.92 Å². The molecule has 0 saturated heterocycles. The van der Waals surface area contributed by atoms with Crippen molar-refractivity contribution in [2.75, 3.05) is 19.6 Å². The van der Waals surface area contributed by atoms with E-state index in [9.17, 15) is 5.11 Å². The normalized spacial score (nSPS) is 20.9. The zero-order chi connectivity index (χ0) is 11.3. The molecular formula is C11H24IN3O. The van der Waals surface area contributed by atoms with Gasteiger partial charge < -0.3 is 15.7 Å². The Bertz CT molecular complexity index is 231. The van der Waals surface area contributed by atoms with E-state index in [0.717, 1.165) is 31.9 Å². The number of nitrogens with zero attached hydrogens (tertiary/aromatic N) is 1. The topological polar surface area (TPSA) is 56.6 Å². The summed E-state index contributed by atoms with van der Waals surface area (Å²) in [5, 5.41) is 16.5. The van der Waals surface area contributed by atoms with Crippen LogP contribution in [0.3, 0.4) is 0 Å². The third-order valence-corrected chi connectivity index (χ3v) is 3.19. The van der Waals surface area contributed by atoms with E-state index in [4.69, 9.17) is 0 Å². The molecule has 0 saturated carbocycles. The molecular weight excluding hydrogens is 317 g/mol. The van der Waals surface area contributed by atoms with Gasteiger partial charge in [-0.1, -0.05) is 20.3 Å².